The highest BCUT2D eigenvalue weighted by Crippen LogP contribution is 2.24. The Morgan fingerprint density at radius 3 is 2.16 bits per heavy atom. The highest BCUT2D eigenvalue weighted by molar-refractivity contribution is 5.94. The molecule has 1 unspecified atom stereocenters. The van der Waals surface area contributed by atoms with E-state index in [1.807, 2.05) is 19.1 Å². The second kappa shape index (κ2) is 8.19. The van der Waals surface area contributed by atoms with Crippen molar-refractivity contribution in [1.82, 2.24) is 5.32 Å². The first-order valence-electron chi connectivity index (χ1n) is 8.95. The highest BCUT2D eigenvalue weighted by atomic mass is 16.5. The second-order valence-electron chi connectivity index (χ2n) is 7.44. The summed E-state index contributed by atoms with van der Waals surface area (Å²) in [5.41, 5.74) is 3.16. The normalized spacial score (nSPS) is 12.5. The largest absolute Gasteiger partial charge is 0.494 e. The van der Waals surface area contributed by atoms with Crippen LogP contribution in [0, 0.1) is 0 Å². The van der Waals surface area contributed by atoms with Crippen LogP contribution in [0.25, 0.3) is 0 Å². The van der Waals surface area contributed by atoms with Gasteiger partial charge in [0.05, 0.1) is 12.6 Å². The number of amides is 1. The lowest BCUT2D eigenvalue weighted by molar-refractivity contribution is 0.0940. The predicted molar refractivity (Wildman–Crippen MR) is 103 cm³/mol. The first-order valence-corrected chi connectivity index (χ1v) is 8.95. The smallest absolute Gasteiger partial charge is 0.251 e. The molecule has 0 aliphatic rings. The Bertz CT molecular complexity index is 681. The Labute approximate surface area is 151 Å². The number of carbonyl (C=O) groups is 1. The number of hydrogen-bond donors (Lipinski definition) is 1. The number of rotatable bonds is 6. The van der Waals surface area contributed by atoms with Crippen LogP contribution in [-0.2, 0) is 5.41 Å². The van der Waals surface area contributed by atoms with Crippen molar-refractivity contribution >= 4 is 5.91 Å². The Morgan fingerprint density at radius 1 is 1.04 bits per heavy atom. The van der Waals surface area contributed by atoms with Crippen LogP contribution in [0.3, 0.4) is 0 Å². The number of benzene rings is 2. The molecule has 134 valence electrons. The second-order valence-corrected chi connectivity index (χ2v) is 7.44. The van der Waals surface area contributed by atoms with Crippen molar-refractivity contribution in [1.29, 1.82) is 0 Å². The molecule has 0 spiro atoms. The quantitative estimate of drug-likeness (QED) is 0.779. The molecule has 0 saturated heterocycles. The minimum Gasteiger partial charge on any atom is -0.494 e. The SMILES string of the molecule is CCCOc1ccc(C(=O)NC(C)c2ccc(C(C)(C)C)cc2)cc1. The van der Waals surface area contributed by atoms with E-state index in [-0.39, 0.29) is 17.4 Å². The minimum atomic E-state index is -0.0746. The zero-order valence-electron chi connectivity index (χ0n) is 15.9. The van der Waals surface area contributed by atoms with Crippen molar-refractivity contribution < 1.29 is 9.53 Å². The van der Waals surface area contributed by atoms with Gasteiger partial charge < -0.3 is 10.1 Å². The van der Waals surface area contributed by atoms with Crippen molar-refractivity contribution in [2.24, 2.45) is 0 Å². The van der Waals surface area contributed by atoms with Gasteiger partial charge >= 0.3 is 0 Å². The summed E-state index contributed by atoms with van der Waals surface area (Å²) in [4.78, 5) is 12.4. The van der Waals surface area contributed by atoms with E-state index in [0.717, 1.165) is 17.7 Å². The Balaban J connectivity index is 1.99. The topological polar surface area (TPSA) is 38.3 Å². The van der Waals surface area contributed by atoms with Crippen LogP contribution < -0.4 is 10.1 Å². The number of carbonyl (C=O) groups excluding carboxylic acids is 1. The van der Waals surface area contributed by atoms with Gasteiger partial charge in [-0.1, -0.05) is 52.0 Å². The molecular weight excluding hydrogens is 310 g/mol. The van der Waals surface area contributed by atoms with E-state index >= 15 is 0 Å². The van der Waals surface area contributed by atoms with Crippen molar-refractivity contribution in [3.05, 3.63) is 65.2 Å². The lowest BCUT2D eigenvalue weighted by Gasteiger charge is -2.20. The summed E-state index contributed by atoms with van der Waals surface area (Å²) >= 11 is 0. The van der Waals surface area contributed by atoms with Crippen molar-refractivity contribution in [3.63, 3.8) is 0 Å². The summed E-state index contributed by atoms with van der Waals surface area (Å²) < 4.78 is 5.55. The van der Waals surface area contributed by atoms with Crippen molar-refractivity contribution in [3.8, 4) is 5.75 Å². The summed E-state index contributed by atoms with van der Waals surface area (Å²) in [5.74, 6) is 0.721. The first-order chi connectivity index (χ1) is 11.8. The molecule has 25 heavy (non-hydrogen) atoms. The third-order valence-electron chi connectivity index (χ3n) is 4.21. The molecular formula is C22H29NO2. The van der Waals surface area contributed by atoms with E-state index in [1.165, 1.54) is 5.56 Å². The van der Waals surface area contributed by atoms with Gasteiger partial charge in [-0.05, 0) is 54.2 Å². The van der Waals surface area contributed by atoms with Crippen molar-refractivity contribution in [2.75, 3.05) is 6.61 Å². The third kappa shape index (κ3) is 5.35. The molecule has 0 aliphatic carbocycles. The van der Waals surface area contributed by atoms with Gasteiger partial charge in [0, 0.05) is 5.56 Å². The molecule has 2 aromatic carbocycles. The van der Waals surface area contributed by atoms with Gasteiger partial charge in [-0.2, -0.15) is 0 Å². The maximum atomic E-state index is 12.4. The Kier molecular flexibility index (Phi) is 6.24. The monoisotopic (exact) mass is 339 g/mol. The minimum absolute atomic E-state index is 0.0439. The zero-order chi connectivity index (χ0) is 18.4. The molecule has 0 heterocycles. The predicted octanol–water partition coefficient (Wildman–Crippen LogP) is 5.26. The molecule has 0 aromatic heterocycles. The summed E-state index contributed by atoms with van der Waals surface area (Å²) in [6.45, 7) is 11.3. The van der Waals surface area contributed by atoms with Gasteiger partial charge in [0.15, 0.2) is 0 Å². The molecule has 0 bridgehead atoms. The molecule has 0 saturated carbocycles. The van der Waals surface area contributed by atoms with E-state index in [4.69, 9.17) is 4.74 Å². The maximum Gasteiger partial charge on any atom is 0.251 e. The van der Waals surface area contributed by atoms with Crippen molar-refractivity contribution in [2.45, 2.75) is 52.5 Å². The van der Waals surface area contributed by atoms with Crippen LogP contribution in [0.5, 0.6) is 5.75 Å². The fraction of sp³-hybridized carbons (Fsp3) is 0.409. The maximum absolute atomic E-state index is 12.4. The standard InChI is InChI=1S/C22H29NO2/c1-6-15-25-20-13-9-18(10-14-20)21(24)23-16(2)17-7-11-19(12-8-17)22(3,4)5/h7-14,16H,6,15H2,1-5H3,(H,23,24). The molecule has 2 aromatic rings. The van der Waals surface area contributed by atoms with Gasteiger partial charge in [0.2, 0.25) is 0 Å². The van der Waals surface area contributed by atoms with E-state index in [1.54, 1.807) is 12.1 Å². The van der Waals surface area contributed by atoms with E-state index in [0.29, 0.717) is 12.2 Å². The molecule has 1 amide bonds. The van der Waals surface area contributed by atoms with Crippen LogP contribution in [0.1, 0.15) is 68.6 Å². The number of hydrogen-bond acceptors (Lipinski definition) is 2. The molecule has 2 rings (SSSR count). The van der Waals surface area contributed by atoms with Crippen LogP contribution in [-0.4, -0.2) is 12.5 Å². The summed E-state index contributed by atoms with van der Waals surface area (Å²) in [6, 6.07) is 15.7. The Morgan fingerprint density at radius 2 is 1.64 bits per heavy atom. The van der Waals surface area contributed by atoms with E-state index in [2.05, 4.69) is 57.3 Å². The summed E-state index contributed by atoms with van der Waals surface area (Å²) in [5, 5.41) is 3.05. The highest BCUT2D eigenvalue weighted by Gasteiger charge is 2.15. The average molecular weight is 339 g/mol. The summed E-state index contributed by atoms with van der Waals surface area (Å²) in [7, 11) is 0. The molecule has 0 radical (unpaired) electrons. The van der Waals surface area contributed by atoms with Gasteiger partial charge in [-0.3, -0.25) is 4.79 Å². The van der Waals surface area contributed by atoms with Gasteiger partial charge in [-0.15, -0.1) is 0 Å². The first kappa shape index (κ1) is 19.0. The van der Waals surface area contributed by atoms with Gasteiger partial charge in [0.25, 0.3) is 5.91 Å². The lowest BCUT2D eigenvalue weighted by atomic mass is 9.86. The average Bonchev–Trinajstić information content (AvgIpc) is 2.59. The molecule has 3 nitrogen and oxygen atoms in total. The lowest BCUT2D eigenvalue weighted by Crippen LogP contribution is -2.26. The fourth-order valence-corrected chi connectivity index (χ4v) is 2.56. The third-order valence-corrected chi connectivity index (χ3v) is 4.21. The number of ether oxygens (including phenoxy) is 1. The molecule has 1 atom stereocenters. The number of nitrogens with one attached hydrogen (secondary N) is 1. The fourth-order valence-electron chi connectivity index (χ4n) is 2.56. The van der Waals surface area contributed by atoms with Crippen LogP contribution in [0.4, 0.5) is 0 Å². The molecule has 3 heteroatoms. The van der Waals surface area contributed by atoms with E-state index < -0.39 is 0 Å². The van der Waals surface area contributed by atoms with Gasteiger partial charge in [0.1, 0.15) is 5.75 Å². The molecule has 0 aliphatic heterocycles. The Hall–Kier alpha value is -2.29. The summed E-state index contributed by atoms with van der Waals surface area (Å²) in [6.07, 6.45) is 0.966. The van der Waals surface area contributed by atoms with Crippen LogP contribution in [0.15, 0.2) is 48.5 Å². The van der Waals surface area contributed by atoms with E-state index in [9.17, 15) is 4.79 Å². The molecule has 0 fully saturated rings. The van der Waals surface area contributed by atoms with Crippen LogP contribution in [0.2, 0.25) is 0 Å². The zero-order valence-corrected chi connectivity index (χ0v) is 15.9. The van der Waals surface area contributed by atoms with Gasteiger partial charge in [-0.25, -0.2) is 0 Å². The van der Waals surface area contributed by atoms with Crippen LogP contribution >= 0.6 is 0 Å². The molecule has 1 N–H and O–H groups in total.